The average molecular weight is 575 g/mol. The largest absolute Gasteiger partial charge is 0.494 e. The number of aromatic nitrogens is 1. The second-order valence-electron chi connectivity index (χ2n) is 10.4. The van der Waals surface area contributed by atoms with Crippen LogP contribution in [0, 0.1) is 11.8 Å². The maximum atomic E-state index is 13.8. The molecule has 0 saturated heterocycles. The van der Waals surface area contributed by atoms with Crippen molar-refractivity contribution in [1.82, 2.24) is 14.2 Å². The number of benzene rings is 2. The summed E-state index contributed by atoms with van der Waals surface area (Å²) in [7, 11) is -2.07. The third-order valence-electron chi connectivity index (χ3n) is 6.48. The third-order valence-corrected chi connectivity index (χ3v) is 9.37. The first-order valence-electron chi connectivity index (χ1n) is 13.6. The number of sulfonamides is 1. The molecule has 0 spiro atoms. The summed E-state index contributed by atoms with van der Waals surface area (Å²) in [5, 5.41) is 0.586. The highest BCUT2D eigenvalue weighted by Crippen LogP contribution is 2.34. The van der Waals surface area contributed by atoms with Crippen molar-refractivity contribution in [1.29, 1.82) is 0 Å². The Balaban J connectivity index is 1.95. The monoisotopic (exact) mass is 574 g/mol. The zero-order chi connectivity index (χ0) is 28.7. The van der Waals surface area contributed by atoms with Gasteiger partial charge >= 0.3 is 0 Å². The zero-order valence-corrected chi connectivity index (χ0v) is 25.8. The molecule has 1 amide bonds. The number of thiazole rings is 1. The van der Waals surface area contributed by atoms with Crippen molar-refractivity contribution in [2.75, 3.05) is 51.3 Å². The van der Waals surface area contributed by atoms with Crippen LogP contribution in [0.2, 0.25) is 0 Å². The second-order valence-corrected chi connectivity index (χ2v) is 13.4. The number of amides is 1. The number of anilines is 1. The smallest absolute Gasteiger partial charge is 0.260 e. The third kappa shape index (κ3) is 7.57. The fourth-order valence-corrected chi connectivity index (χ4v) is 7.19. The van der Waals surface area contributed by atoms with Gasteiger partial charge in [-0.2, -0.15) is 4.31 Å². The van der Waals surface area contributed by atoms with Crippen molar-refractivity contribution in [3.63, 3.8) is 0 Å². The number of para-hydroxylation sites is 1. The summed E-state index contributed by atoms with van der Waals surface area (Å²) in [6.07, 6.45) is 0. The molecule has 0 fully saturated rings. The highest BCUT2D eigenvalue weighted by atomic mass is 32.2. The summed E-state index contributed by atoms with van der Waals surface area (Å²) in [4.78, 5) is 22.7. The van der Waals surface area contributed by atoms with Crippen molar-refractivity contribution in [3.05, 3.63) is 48.0 Å². The molecule has 0 radical (unpaired) electrons. The number of methoxy groups -OCH3 is 1. The van der Waals surface area contributed by atoms with Crippen LogP contribution in [0.3, 0.4) is 0 Å². The molecule has 0 aliphatic carbocycles. The van der Waals surface area contributed by atoms with Crippen LogP contribution in [-0.2, 0) is 10.0 Å². The molecule has 3 aromatic rings. The van der Waals surface area contributed by atoms with Gasteiger partial charge in [-0.15, -0.1) is 0 Å². The highest BCUT2D eigenvalue weighted by Gasteiger charge is 2.27. The van der Waals surface area contributed by atoms with E-state index in [1.807, 2.05) is 45.9 Å². The fourth-order valence-electron chi connectivity index (χ4n) is 4.42. The molecule has 0 unspecified atom stereocenters. The molecular formula is C29H42N4O4S2. The van der Waals surface area contributed by atoms with Gasteiger partial charge in [0.25, 0.3) is 5.91 Å². The number of fused-ring (bicyclic) bond motifs is 1. The van der Waals surface area contributed by atoms with Gasteiger partial charge in [0.2, 0.25) is 10.0 Å². The molecule has 0 saturated carbocycles. The molecule has 0 atom stereocenters. The lowest BCUT2D eigenvalue weighted by Crippen LogP contribution is -2.39. The summed E-state index contributed by atoms with van der Waals surface area (Å²) in [5.41, 5.74) is 1.14. The molecule has 3 rings (SSSR count). The first-order valence-corrected chi connectivity index (χ1v) is 15.8. The van der Waals surface area contributed by atoms with E-state index < -0.39 is 10.0 Å². The summed E-state index contributed by atoms with van der Waals surface area (Å²) in [6.45, 7) is 16.0. The molecule has 214 valence electrons. The molecule has 1 heterocycles. The Labute approximate surface area is 237 Å². The summed E-state index contributed by atoms with van der Waals surface area (Å²) in [5.74, 6) is 0.843. The highest BCUT2D eigenvalue weighted by molar-refractivity contribution is 7.89. The van der Waals surface area contributed by atoms with E-state index in [-0.39, 0.29) is 22.6 Å². The molecule has 0 aliphatic rings. The van der Waals surface area contributed by atoms with Gasteiger partial charge < -0.3 is 9.64 Å². The van der Waals surface area contributed by atoms with Gasteiger partial charge in [-0.25, -0.2) is 13.4 Å². The maximum Gasteiger partial charge on any atom is 0.260 e. The van der Waals surface area contributed by atoms with Crippen molar-refractivity contribution in [2.24, 2.45) is 11.8 Å². The molecule has 2 aromatic carbocycles. The SMILES string of the molecule is CCN(CC)CCN(C(=O)c1ccc(S(=O)(=O)N(CC(C)C)CC(C)C)cc1)c1nc2c(OC)cccc2s1. The standard InChI is InChI=1S/C29H42N4O4S2/c1-8-31(9-2)17-18-33(29-30-27-25(37-7)11-10-12-26(27)38-29)28(34)23-13-15-24(16-14-23)39(35,36)32(19-21(3)4)20-22(5)6/h10-16,21-22H,8-9,17-20H2,1-7H3. The van der Waals surface area contributed by atoms with Gasteiger partial charge in [-0.05, 0) is 61.3 Å². The predicted octanol–water partition coefficient (Wildman–Crippen LogP) is 5.60. The van der Waals surface area contributed by atoms with Gasteiger partial charge in [0.1, 0.15) is 11.3 Å². The van der Waals surface area contributed by atoms with Gasteiger partial charge in [-0.3, -0.25) is 9.69 Å². The fraction of sp³-hybridized carbons (Fsp3) is 0.517. The van der Waals surface area contributed by atoms with E-state index in [1.54, 1.807) is 40.6 Å². The number of rotatable bonds is 14. The number of carbonyl (C=O) groups is 1. The number of nitrogens with zero attached hydrogens (tertiary/aromatic N) is 4. The lowest BCUT2D eigenvalue weighted by molar-refractivity contribution is 0.0983. The minimum Gasteiger partial charge on any atom is -0.494 e. The van der Waals surface area contributed by atoms with E-state index in [4.69, 9.17) is 9.72 Å². The van der Waals surface area contributed by atoms with Gasteiger partial charge in [0.05, 0.1) is 16.7 Å². The van der Waals surface area contributed by atoms with Crippen LogP contribution in [0.4, 0.5) is 5.13 Å². The van der Waals surface area contributed by atoms with Crippen molar-refractivity contribution < 1.29 is 17.9 Å². The molecule has 0 aliphatic heterocycles. The Morgan fingerprint density at radius 1 is 0.949 bits per heavy atom. The lowest BCUT2D eigenvalue weighted by atomic mass is 10.2. The first-order chi connectivity index (χ1) is 18.5. The van der Waals surface area contributed by atoms with E-state index in [1.165, 1.54) is 11.3 Å². The van der Waals surface area contributed by atoms with E-state index >= 15 is 0 Å². The minimum absolute atomic E-state index is 0.194. The number of hydrogen-bond acceptors (Lipinski definition) is 7. The van der Waals surface area contributed by atoms with Crippen LogP contribution in [0.5, 0.6) is 5.75 Å². The van der Waals surface area contributed by atoms with Crippen molar-refractivity contribution in [3.8, 4) is 5.75 Å². The summed E-state index contributed by atoms with van der Waals surface area (Å²) >= 11 is 1.44. The average Bonchev–Trinajstić information content (AvgIpc) is 3.34. The molecule has 1 aromatic heterocycles. The number of ether oxygens (including phenoxy) is 1. The van der Waals surface area contributed by atoms with Crippen LogP contribution >= 0.6 is 11.3 Å². The molecule has 0 bridgehead atoms. The topological polar surface area (TPSA) is 83.1 Å². The Kier molecular flexibility index (Phi) is 10.9. The Morgan fingerprint density at radius 2 is 1.56 bits per heavy atom. The molecule has 10 heteroatoms. The van der Waals surface area contributed by atoms with E-state index in [9.17, 15) is 13.2 Å². The van der Waals surface area contributed by atoms with E-state index in [0.717, 1.165) is 23.3 Å². The molecule has 0 N–H and O–H groups in total. The quantitative estimate of drug-likeness (QED) is 0.249. The van der Waals surface area contributed by atoms with E-state index in [2.05, 4.69) is 18.7 Å². The Morgan fingerprint density at radius 3 is 2.10 bits per heavy atom. The molecule has 8 nitrogen and oxygen atoms in total. The minimum atomic E-state index is -3.68. The number of likely N-dealkylation sites (N-methyl/N-ethyl adjacent to an activating group) is 1. The summed E-state index contributed by atoms with van der Waals surface area (Å²) < 4.78 is 34.9. The normalized spacial score (nSPS) is 12.3. The lowest BCUT2D eigenvalue weighted by Gasteiger charge is -2.26. The number of carbonyl (C=O) groups excluding carboxylic acids is 1. The predicted molar refractivity (Wildman–Crippen MR) is 161 cm³/mol. The van der Waals surface area contributed by atoms with Gasteiger partial charge in [0.15, 0.2) is 5.13 Å². The second kappa shape index (κ2) is 13.7. The van der Waals surface area contributed by atoms with Crippen LogP contribution in [0.25, 0.3) is 10.2 Å². The summed E-state index contributed by atoms with van der Waals surface area (Å²) in [6, 6.07) is 12.0. The van der Waals surface area contributed by atoms with Gasteiger partial charge in [0, 0.05) is 31.7 Å². The van der Waals surface area contributed by atoms with Crippen molar-refractivity contribution >= 4 is 42.6 Å². The maximum absolute atomic E-state index is 13.8. The van der Waals surface area contributed by atoms with E-state index in [0.29, 0.717) is 42.6 Å². The molecule has 39 heavy (non-hydrogen) atoms. The van der Waals surface area contributed by atoms with Crippen LogP contribution in [-0.4, -0.2) is 74.9 Å². The first kappa shape index (κ1) is 31.0. The zero-order valence-electron chi connectivity index (χ0n) is 24.2. The van der Waals surface area contributed by atoms with Gasteiger partial charge in [-0.1, -0.05) is 58.9 Å². The number of hydrogen-bond donors (Lipinski definition) is 0. The van der Waals surface area contributed by atoms with Crippen LogP contribution in [0.1, 0.15) is 51.9 Å². The Hall–Kier alpha value is -2.53. The van der Waals surface area contributed by atoms with Crippen LogP contribution < -0.4 is 9.64 Å². The Bertz CT molecular complexity index is 1320. The molecular weight excluding hydrogens is 532 g/mol. The van der Waals surface area contributed by atoms with Crippen LogP contribution in [0.15, 0.2) is 47.4 Å². The van der Waals surface area contributed by atoms with Crippen molar-refractivity contribution in [2.45, 2.75) is 46.4 Å².